The van der Waals surface area contributed by atoms with Gasteiger partial charge in [0.05, 0.1) is 18.7 Å². The maximum atomic E-state index is 12.6. The Balaban J connectivity index is 1.71. The smallest absolute Gasteiger partial charge is 0.309 e. The summed E-state index contributed by atoms with van der Waals surface area (Å²) >= 11 is 0. The maximum Gasteiger partial charge on any atom is 0.309 e. The number of hydrogen-bond donors (Lipinski definition) is 1. The van der Waals surface area contributed by atoms with Gasteiger partial charge in [-0.1, -0.05) is 30.3 Å². The zero-order valence-electron chi connectivity index (χ0n) is 12.4. The Morgan fingerprint density at radius 2 is 2.13 bits per heavy atom. The number of diazo groups is 1. The molecule has 1 aliphatic heterocycles. The van der Waals surface area contributed by atoms with Crippen LogP contribution in [0.1, 0.15) is 22.0 Å². The summed E-state index contributed by atoms with van der Waals surface area (Å²) in [6.45, 7) is 1.56. The highest BCUT2D eigenvalue weighted by atomic mass is 16.5. The van der Waals surface area contributed by atoms with Gasteiger partial charge in [-0.25, -0.2) is 4.98 Å². The SMILES string of the molecule is N#[N+]Nc1ccc(C(=O)N2CCO[C@@H](c3ccccc3)C2)cn1. The number of pyridine rings is 1. The van der Waals surface area contributed by atoms with Crippen molar-refractivity contribution in [2.45, 2.75) is 6.10 Å². The largest absolute Gasteiger partial charge is 0.370 e. The second kappa shape index (κ2) is 6.85. The van der Waals surface area contributed by atoms with Gasteiger partial charge >= 0.3 is 5.08 Å². The molecule has 1 amide bonds. The van der Waals surface area contributed by atoms with Crippen LogP contribution in [0.4, 0.5) is 5.82 Å². The molecule has 0 radical (unpaired) electrons. The summed E-state index contributed by atoms with van der Waals surface area (Å²) in [7, 11) is 0. The predicted octanol–water partition coefficient (Wildman–Crippen LogP) is 2.48. The van der Waals surface area contributed by atoms with E-state index in [1.165, 1.54) is 6.20 Å². The van der Waals surface area contributed by atoms with Crippen molar-refractivity contribution in [3.8, 4) is 0 Å². The van der Waals surface area contributed by atoms with Crippen LogP contribution in [0, 0.1) is 5.39 Å². The van der Waals surface area contributed by atoms with E-state index in [1.807, 2.05) is 30.3 Å². The number of nitrogens with one attached hydrogen (secondary N) is 1. The number of nitrogens with zero attached hydrogens (tertiary/aromatic N) is 4. The average Bonchev–Trinajstić information content (AvgIpc) is 2.63. The molecule has 0 spiro atoms. The Kier molecular flexibility index (Phi) is 4.45. The highest BCUT2D eigenvalue weighted by molar-refractivity contribution is 5.94. The molecule has 7 heteroatoms. The van der Waals surface area contributed by atoms with E-state index in [2.05, 4.69) is 15.5 Å². The van der Waals surface area contributed by atoms with E-state index in [0.717, 1.165) is 5.56 Å². The third-order valence-corrected chi connectivity index (χ3v) is 3.70. The Hall–Kier alpha value is -2.98. The lowest BCUT2D eigenvalue weighted by Crippen LogP contribution is -2.42. The summed E-state index contributed by atoms with van der Waals surface area (Å²) < 4.78 is 5.77. The fourth-order valence-corrected chi connectivity index (χ4v) is 2.52. The second-order valence-electron chi connectivity index (χ2n) is 5.17. The van der Waals surface area contributed by atoms with Crippen molar-refractivity contribution < 1.29 is 9.53 Å². The zero-order chi connectivity index (χ0) is 16.1. The summed E-state index contributed by atoms with van der Waals surface area (Å²) in [4.78, 5) is 18.4. The first-order valence-corrected chi connectivity index (χ1v) is 7.30. The molecule has 1 aromatic carbocycles. The molecule has 2 heterocycles. The number of anilines is 1. The molecular weight excluding hydrogens is 294 g/mol. The van der Waals surface area contributed by atoms with Crippen LogP contribution in [0.3, 0.4) is 0 Å². The fraction of sp³-hybridized carbons (Fsp3) is 0.250. The second-order valence-corrected chi connectivity index (χ2v) is 5.17. The third-order valence-electron chi connectivity index (χ3n) is 3.70. The fourth-order valence-electron chi connectivity index (χ4n) is 2.52. The first-order chi connectivity index (χ1) is 11.3. The van der Waals surface area contributed by atoms with Crippen LogP contribution in [-0.4, -0.2) is 35.5 Å². The Morgan fingerprint density at radius 1 is 1.30 bits per heavy atom. The lowest BCUT2D eigenvalue weighted by molar-refractivity contribution is -0.0228. The molecule has 1 aliphatic rings. The van der Waals surface area contributed by atoms with Crippen molar-refractivity contribution in [1.29, 1.82) is 5.39 Å². The van der Waals surface area contributed by atoms with Gasteiger partial charge in [-0.05, 0) is 17.7 Å². The number of ether oxygens (including phenoxy) is 1. The number of aromatic nitrogens is 1. The number of amides is 1. The number of hydrogen-bond acceptors (Lipinski definition) is 5. The van der Waals surface area contributed by atoms with Gasteiger partial charge in [-0.2, -0.15) is 0 Å². The van der Waals surface area contributed by atoms with E-state index >= 15 is 0 Å². The molecule has 2 aromatic rings. The molecule has 0 aliphatic carbocycles. The quantitative estimate of drug-likeness (QED) is 0.695. The van der Waals surface area contributed by atoms with E-state index in [1.54, 1.807) is 17.0 Å². The first-order valence-electron chi connectivity index (χ1n) is 7.30. The average molecular weight is 310 g/mol. The highest BCUT2D eigenvalue weighted by Gasteiger charge is 2.26. The third kappa shape index (κ3) is 3.44. The molecule has 23 heavy (non-hydrogen) atoms. The number of morpholine rings is 1. The van der Waals surface area contributed by atoms with Crippen LogP contribution in [0.25, 0.3) is 5.08 Å². The van der Waals surface area contributed by atoms with Gasteiger partial charge in [0.1, 0.15) is 6.10 Å². The zero-order valence-corrected chi connectivity index (χ0v) is 12.4. The number of benzene rings is 1. The summed E-state index contributed by atoms with van der Waals surface area (Å²) in [6.07, 6.45) is 1.35. The van der Waals surface area contributed by atoms with Crippen LogP contribution in [0.5, 0.6) is 0 Å². The lowest BCUT2D eigenvalue weighted by Gasteiger charge is -2.33. The molecular formula is C16H16N5O2+. The minimum atomic E-state index is -0.115. The molecule has 1 saturated heterocycles. The van der Waals surface area contributed by atoms with Crippen molar-refractivity contribution in [2.24, 2.45) is 0 Å². The van der Waals surface area contributed by atoms with Crippen molar-refractivity contribution in [1.82, 2.24) is 9.88 Å². The lowest BCUT2D eigenvalue weighted by atomic mass is 10.1. The molecule has 0 saturated carbocycles. The van der Waals surface area contributed by atoms with Gasteiger partial charge < -0.3 is 9.64 Å². The Labute approximate surface area is 133 Å². The summed E-state index contributed by atoms with van der Waals surface area (Å²) in [5, 5.41) is 11.2. The molecule has 1 aromatic heterocycles. The van der Waals surface area contributed by atoms with Gasteiger partial charge in [0.15, 0.2) is 0 Å². The van der Waals surface area contributed by atoms with E-state index in [-0.39, 0.29) is 12.0 Å². The van der Waals surface area contributed by atoms with Crippen LogP contribution in [0.15, 0.2) is 48.7 Å². The van der Waals surface area contributed by atoms with Crippen LogP contribution >= 0.6 is 0 Å². The van der Waals surface area contributed by atoms with E-state index in [9.17, 15) is 4.79 Å². The predicted molar refractivity (Wildman–Crippen MR) is 84.0 cm³/mol. The number of carbonyl (C=O) groups excluding carboxylic acids is 1. The van der Waals surface area contributed by atoms with Crippen molar-refractivity contribution in [2.75, 3.05) is 25.1 Å². The van der Waals surface area contributed by atoms with Gasteiger partial charge in [-0.15, -0.1) is 0 Å². The maximum absolute atomic E-state index is 12.6. The molecule has 7 nitrogen and oxygen atoms in total. The molecule has 1 atom stereocenters. The van der Waals surface area contributed by atoms with Crippen LogP contribution in [0.2, 0.25) is 0 Å². The van der Waals surface area contributed by atoms with Gasteiger partial charge in [-0.3, -0.25) is 4.79 Å². The number of carbonyl (C=O) groups is 1. The summed E-state index contributed by atoms with van der Waals surface area (Å²) in [5.41, 5.74) is 3.86. The molecule has 116 valence electrons. The van der Waals surface area contributed by atoms with E-state index in [0.29, 0.717) is 31.1 Å². The minimum absolute atomic E-state index is 0.0887. The van der Waals surface area contributed by atoms with Crippen LogP contribution in [-0.2, 0) is 4.74 Å². The van der Waals surface area contributed by atoms with E-state index in [4.69, 9.17) is 10.1 Å². The van der Waals surface area contributed by atoms with Crippen molar-refractivity contribution >= 4 is 11.7 Å². The molecule has 0 bridgehead atoms. The Bertz CT molecular complexity index is 712. The highest BCUT2D eigenvalue weighted by Crippen LogP contribution is 2.23. The van der Waals surface area contributed by atoms with Crippen LogP contribution < -0.4 is 5.43 Å². The Morgan fingerprint density at radius 3 is 2.83 bits per heavy atom. The van der Waals surface area contributed by atoms with Crippen molar-refractivity contribution in [3.63, 3.8) is 0 Å². The number of rotatable bonds is 3. The monoisotopic (exact) mass is 310 g/mol. The normalized spacial score (nSPS) is 17.3. The molecule has 1 N–H and O–H groups in total. The van der Waals surface area contributed by atoms with Crippen molar-refractivity contribution in [3.05, 3.63) is 64.9 Å². The summed E-state index contributed by atoms with van der Waals surface area (Å²) in [5.74, 6) is 0.280. The standard InChI is InChI=1S/C16H15N5O2/c17-20-19-15-7-6-13(10-18-15)16(22)21-8-9-23-14(11-21)12-4-2-1-3-5-12/h1-7,10,14H,8-9,11H2/p+1/t14-/m1/s1. The topological polar surface area (TPSA) is 82.6 Å². The molecule has 3 rings (SSSR count). The first kappa shape index (κ1) is 14.9. The van der Waals surface area contributed by atoms with Gasteiger partial charge in [0.2, 0.25) is 5.82 Å². The molecule has 0 unspecified atom stereocenters. The van der Waals surface area contributed by atoms with Gasteiger partial charge in [0, 0.05) is 18.2 Å². The van der Waals surface area contributed by atoms with E-state index < -0.39 is 0 Å². The summed E-state index contributed by atoms with van der Waals surface area (Å²) in [6, 6.07) is 13.1. The molecule has 1 fully saturated rings. The minimum Gasteiger partial charge on any atom is -0.370 e. The van der Waals surface area contributed by atoms with Gasteiger partial charge in [0.25, 0.3) is 11.3 Å².